The molecule has 0 saturated carbocycles. The summed E-state index contributed by atoms with van der Waals surface area (Å²) in [4.78, 5) is 24.8. The second-order valence-electron chi connectivity index (χ2n) is 4.94. The van der Waals surface area contributed by atoms with Crippen molar-refractivity contribution in [1.82, 2.24) is 4.90 Å². The molecule has 0 aliphatic carbocycles. The minimum atomic E-state index is -0.795. The fourth-order valence-corrected chi connectivity index (χ4v) is 2.85. The van der Waals surface area contributed by atoms with Crippen molar-refractivity contribution in [2.24, 2.45) is 5.92 Å². The molecule has 2 rings (SSSR count). The largest absolute Gasteiger partial charge is 0.481 e. The van der Waals surface area contributed by atoms with Crippen LogP contribution in [-0.4, -0.2) is 35.0 Å². The van der Waals surface area contributed by atoms with Crippen LogP contribution in [0, 0.1) is 12.8 Å². The van der Waals surface area contributed by atoms with Gasteiger partial charge in [0.25, 0.3) is 5.91 Å². The van der Waals surface area contributed by atoms with Gasteiger partial charge >= 0.3 is 5.97 Å². The molecule has 102 valence electrons. The average molecular weight is 326 g/mol. The highest BCUT2D eigenvalue weighted by Gasteiger charge is 2.29. The zero-order valence-corrected chi connectivity index (χ0v) is 12.3. The van der Waals surface area contributed by atoms with Gasteiger partial charge in [0.05, 0.1) is 5.56 Å². The van der Waals surface area contributed by atoms with Crippen molar-refractivity contribution < 1.29 is 14.7 Å². The zero-order chi connectivity index (χ0) is 14.0. The number of carbonyl (C=O) groups is 2. The lowest BCUT2D eigenvalue weighted by Crippen LogP contribution is -2.29. The van der Waals surface area contributed by atoms with E-state index in [4.69, 9.17) is 5.11 Å². The highest BCUT2D eigenvalue weighted by molar-refractivity contribution is 9.10. The number of nitrogens with zero attached hydrogens (tertiary/aromatic N) is 1. The number of hydrogen-bond acceptors (Lipinski definition) is 2. The van der Waals surface area contributed by atoms with Crippen molar-refractivity contribution >= 4 is 27.8 Å². The van der Waals surface area contributed by atoms with Gasteiger partial charge in [0.2, 0.25) is 0 Å². The predicted octanol–water partition coefficient (Wildman–Crippen LogP) is 2.69. The summed E-state index contributed by atoms with van der Waals surface area (Å²) in [5, 5.41) is 8.79. The lowest BCUT2D eigenvalue weighted by atomic mass is 10.1. The van der Waals surface area contributed by atoms with Crippen LogP contribution in [0.1, 0.15) is 28.8 Å². The molecule has 1 saturated heterocycles. The Bertz CT molecular complexity index is 515. The third-order valence-corrected chi connectivity index (χ3v) is 4.51. The summed E-state index contributed by atoms with van der Waals surface area (Å²) in [7, 11) is 0. The molecule has 1 heterocycles. The third kappa shape index (κ3) is 3.15. The summed E-state index contributed by atoms with van der Waals surface area (Å²) in [6.45, 7) is 3.11. The van der Waals surface area contributed by atoms with Gasteiger partial charge in [0.15, 0.2) is 0 Å². The first kappa shape index (κ1) is 14.1. The first-order valence-corrected chi connectivity index (χ1v) is 7.04. The highest BCUT2D eigenvalue weighted by Crippen LogP contribution is 2.26. The molecular formula is C14H16BrNO3. The molecule has 1 aromatic rings. The minimum absolute atomic E-state index is 0.0246. The number of benzene rings is 1. The van der Waals surface area contributed by atoms with Crippen LogP contribution in [0.2, 0.25) is 0 Å². The molecule has 1 unspecified atom stereocenters. The van der Waals surface area contributed by atoms with Crippen molar-refractivity contribution in [3.05, 3.63) is 33.8 Å². The van der Waals surface area contributed by atoms with E-state index >= 15 is 0 Å². The number of likely N-dealkylation sites (tertiary alicyclic amines) is 1. The van der Waals surface area contributed by atoms with Gasteiger partial charge in [-0.25, -0.2) is 0 Å². The lowest BCUT2D eigenvalue weighted by Gasteiger charge is -2.17. The lowest BCUT2D eigenvalue weighted by molar-refractivity contribution is -0.138. The fourth-order valence-electron chi connectivity index (χ4n) is 2.41. The number of rotatable bonds is 3. The van der Waals surface area contributed by atoms with Crippen LogP contribution in [-0.2, 0) is 4.79 Å². The van der Waals surface area contributed by atoms with Crippen molar-refractivity contribution in [3.63, 3.8) is 0 Å². The summed E-state index contributed by atoms with van der Waals surface area (Å²) < 4.78 is 0.821. The molecule has 0 bridgehead atoms. The average Bonchev–Trinajstić information content (AvgIpc) is 2.79. The maximum absolute atomic E-state index is 12.4. The molecule has 1 fully saturated rings. The number of carbonyl (C=O) groups excluding carboxylic acids is 1. The van der Waals surface area contributed by atoms with Crippen LogP contribution in [0.5, 0.6) is 0 Å². The van der Waals surface area contributed by atoms with Crippen molar-refractivity contribution in [2.75, 3.05) is 13.1 Å². The van der Waals surface area contributed by atoms with E-state index in [-0.39, 0.29) is 18.2 Å². The first-order chi connectivity index (χ1) is 8.99. The Morgan fingerprint density at radius 3 is 2.89 bits per heavy atom. The molecule has 4 nitrogen and oxygen atoms in total. The SMILES string of the molecule is Cc1cccc(C(=O)N2CCC(CC(=O)O)C2)c1Br. The Morgan fingerprint density at radius 1 is 1.47 bits per heavy atom. The van der Waals surface area contributed by atoms with E-state index in [2.05, 4.69) is 15.9 Å². The highest BCUT2D eigenvalue weighted by atomic mass is 79.9. The summed E-state index contributed by atoms with van der Waals surface area (Å²) in [6.07, 6.45) is 0.903. The number of carboxylic acids is 1. The predicted molar refractivity (Wildman–Crippen MR) is 75.1 cm³/mol. The van der Waals surface area contributed by atoms with Crippen LogP contribution < -0.4 is 0 Å². The number of aliphatic carboxylic acids is 1. The van der Waals surface area contributed by atoms with Crippen molar-refractivity contribution in [3.8, 4) is 0 Å². The third-order valence-electron chi connectivity index (χ3n) is 3.46. The zero-order valence-electron chi connectivity index (χ0n) is 10.7. The molecular weight excluding hydrogens is 310 g/mol. The summed E-state index contributed by atoms with van der Waals surface area (Å²) in [5.74, 6) is -0.746. The van der Waals surface area contributed by atoms with Gasteiger partial charge in [0, 0.05) is 24.0 Å². The summed E-state index contributed by atoms with van der Waals surface area (Å²) in [5.41, 5.74) is 1.67. The number of hydrogen-bond donors (Lipinski definition) is 1. The van der Waals surface area contributed by atoms with Crippen LogP contribution >= 0.6 is 15.9 Å². The topological polar surface area (TPSA) is 57.6 Å². The van der Waals surface area contributed by atoms with Gasteiger partial charge in [-0.1, -0.05) is 12.1 Å². The smallest absolute Gasteiger partial charge is 0.303 e. The van der Waals surface area contributed by atoms with E-state index in [1.165, 1.54) is 0 Å². The molecule has 0 aromatic heterocycles. The first-order valence-electron chi connectivity index (χ1n) is 6.25. The monoisotopic (exact) mass is 325 g/mol. The van der Waals surface area contributed by atoms with Crippen LogP contribution in [0.3, 0.4) is 0 Å². The number of aryl methyl sites for hydroxylation is 1. The summed E-state index contributed by atoms with van der Waals surface area (Å²) in [6, 6.07) is 5.60. The molecule has 1 aromatic carbocycles. The van der Waals surface area contributed by atoms with Gasteiger partial charge < -0.3 is 10.0 Å². The van der Waals surface area contributed by atoms with Gasteiger partial charge in [-0.3, -0.25) is 9.59 Å². The van der Waals surface area contributed by atoms with E-state index < -0.39 is 5.97 Å². The van der Waals surface area contributed by atoms with E-state index in [1.807, 2.05) is 19.1 Å². The Morgan fingerprint density at radius 2 is 2.21 bits per heavy atom. The Kier molecular flexibility index (Phi) is 4.24. The van der Waals surface area contributed by atoms with Gasteiger partial charge in [-0.2, -0.15) is 0 Å². The van der Waals surface area contributed by atoms with Gasteiger partial charge in [0.1, 0.15) is 0 Å². The standard InChI is InChI=1S/C14H16BrNO3/c1-9-3-2-4-11(13(9)15)14(19)16-6-5-10(8-16)7-12(17)18/h2-4,10H,5-8H2,1H3,(H,17,18). The van der Waals surface area contributed by atoms with Crippen LogP contribution in [0.15, 0.2) is 22.7 Å². The number of amides is 1. The maximum Gasteiger partial charge on any atom is 0.303 e. The van der Waals surface area contributed by atoms with E-state index in [9.17, 15) is 9.59 Å². The Balaban J connectivity index is 2.09. The van der Waals surface area contributed by atoms with Crippen molar-refractivity contribution in [1.29, 1.82) is 0 Å². The normalized spacial score (nSPS) is 18.6. The molecule has 0 spiro atoms. The second-order valence-corrected chi connectivity index (χ2v) is 5.73. The second kappa shape index (κ2) is 5.74. The molecule has 1 aliphatic rings. The van der Waals surface area contributed by atoms with Crippen molar-refractivity contribution in [2.45, 2.75) is 19.8 Å². The molecule has 1 aliphatic heterocycles. The number of halogens is 1. The number of carboxylic acid groups (broad SMARTS) is 1. The Labute approximate surface area is 120 Å². The van der Waals surface area contributed by atoms with Crippen LogP contribution in [0.4, 0.5) is 0 Å². The molecule has 19 heavy (non-hydrogen) atoms. The molecule has 5 heteroatoms. The minimum Gasteiger partial charge on any atom is -0.481 e. The van der Waals surface area contributed by atoms with Gasteiger partial charge in [-0.05, 0) is 46.8 Å². The molecule has 1 N–H and O–H groups in total. The quantitative estimate of drug-likeness (QED) is 0.929. The molecule has 0 radical (unpaired) electrons. The molecule has 1 atom stereocenters. The van der Waals surface area contributed by atoms with E-state index in [0.29, 0.717) is 18.7 Å². The fraction of sp³-hybridized carbons (Fsp3) is 0.429. The Hall–Kier alpha value is -1.36. The van der Waals surface area contributed by atoms with Crippen LogP contribution in [0.25, 0.3) is 0 Å². The van der Waals surface area contributed by atoms with Gasteiger partial charge in [-0.15, -0.1) is 0 Å². The van der Waals surface area contributed by atoms with E-state index in [1.54, 1.807) is 11.0 Å². The molecule has 1 amide bonds. The maximum atomic E-state index is 12.4. The summed E-state index contributed by atoms with van der Waals surface area (Å²) >= 11 is 3.44. The van der Waals surface area contributed by atoms with E-state index in [0.717, 1.165) is 16.5 Å².